The van der Waals surface area contributed by atoms with Crippen molar-refractivity contribution in [2.24, 2.45) is 0 Å². The molecule has 11 heteroatoms. The van der Waals surface area contributed by atoms with Gasteiger partial charge in [-0.2, -0.15) is 0 Å². The van der Waals surface area contributed by atoms with Gasteiger partial charge in [-0.05, 0) is 36.4 Å². The van der Waals surface area contributed by atoms with Crippen LogP contribution >= 0.6 is 0 Å². The van der Waals surface area contributed by atoms with E-state index in [1.54, 1.807) is 7.11 Å². The Balaban J connectivity index is 1.54. The normalized spacial score (nSPS) is 13.7. The van der Waals surface area contributed by atoms with Gasteiger partial charge in [-0.3, -0.25) is 10.1 Å². The summed E-state index contributed by atoms with van der Waals surface area (Å²) in [6.45, 7) is 2.29. The minimum atomic E-state index is -1.07. The van der Waals surface area contributed by atoms with E-state index in [0.717, 1.165) is 23.6 Å². The van der Waals surface area contributed by atoms with E-state index in [0.29, 0.717) is 26.2 Å². The molecule has 1 aromatic heterocycles. The summed E-state index contributed by atoms with van der Waals surface area (Å²) in [6, 6.07) is 10.8. The van der Waals surface area contributed by atoms with Gasteiger partial charge in [0.2, 0.25) is 11.6 Å². The van der Waals surface area contributed by atoms with Gasteiger partial charge in [-0.1, -0.05) is 0 Å². The first kappa shape index (κ1) is 21.2. The SMILES string of the molecule is COc1ccc(N2CCN(c3ncnc(Nc4ccc(F)c(F)c4)c3[N+](=O)[O-])CC2)cc1. The predicted molar refractivity (Wildman–Crippen MR) is 116 cm³/mol. The first-order valence-corrected chi connectivity index (χ1v) is 9.81. The third kappa shape index (κ3) is 4.36. The van der Waals surface area contributed by atoms with Crippen molar-refractivity contribution in [2.75, 3.05) is 48.4 Å². The third-order valence-electron chi connectivity index (χ3n) is 5.18. The van der Waals surface area contributed by atoms with Crippen LogP contribution in [0.4, 0.5) is 37.5 Å². The van der Waals surface area contributed by atoms with Gasteiger partial charge in [0.1, 0.15) is 12.1 Å². The monoisotopic (exact) mass is 442 g/mol. The predicted octanol–water partition coefficient (Wildman–Crippen LogP) is 3.74. The van der Waals surface area contributed by atoms with Crippen LogP contribution in [0.25, 0.3) is 0 Å². The summed E-state index contributed by atoms with van der Waals surface area (Å²) in [4.78, 5) is 23.3. The summed E-state index contributed by atoms with van der Waals surface area (Å²) in [7, 11) is 1.61. The van der Waals surface area contributed by atoms with E-state index < -0.39 is 16.6 Å². The fourth-order valence-corrected chi connectivity index (χ4v) is 3.54. The van der Waals surface area contributed by atoms with Crippen LogP contribution in [-0.2, 0) is 0 Å². The standard InChI is InChI=1S/C21H20F2N6O3/c1-32-16-5-3-15(4-6-16)27-8-10-28(11-9-27)21-19(29(30)31)20(24-13-25-21)26-14-2-7-17(22)18(23)12-14/h2-7,12-13H,8-11H2,1H3,(H,24,25,26). The Labute approximate surface area is 182 Å². The summed E-state index contributed by atoms with van der Waals surface area (Å²) in [5.74, 6) is -1.23. The van der Waals surface area contributed by atoms with E-state index in [1.807, 2.05) is 29.2 Å². The third-order valence-corrected chi connectivity index (χ3v) is 5.18. The molecule has 32 heavy (non-hydrogen) atoms. The molecule has 2 aromatic carbocycles. The average molecular weight is 442 g/mol. The van der Waals surface area contributed by atoms with Crippen LogP contribution in [-0.4, -0.2) is 48.2 Å². The lowest BCUT2D eigenvalue weighted by molar-refractivity contribution is -0.383. The highest BCUT2D eigenvalue weighted by Crippen LogP contribution is 2.34. The molecule has 0 aliphatic carbocycles. The second kappa shape index (κ2) is 9.00. The second-order valence-corrected chi connectivity index (χ2v) is 7.08. The number of halogens is 2. The number of piperazine rings is 1. The number of nitrogens with one attached hydrogen (secondary N) is 1. The zero-order valence-electron chi connectivity index (χ0n) is 17.2. The molecule has 9 nitrogen and oxygen atoms in total. The van der Waals surface area contributed by atoms with E-state index >= 15 is 0 Å². The maximum Gasteiger partial charge on any atom is 0.353 e. The number of rotatable bonds is 6. The molecule has 166 valence electrons. The van der Waals surface area contributed by atoms with Crippen molar-refractivity contribution in [3.63, 3.8) is 0 Å². The topological polar surface area (TPSA) is 96.7 Å². The molecule has 0 unspecified atom stereocenters. The van der Waals surface area contributed by atoms with Crippen molar-refractivity contribution in [3.05, 3.63) is 70.5 Å². The van der Waals surface area contributed by atoms with Crippen LogP contribution in [0.15, 0.2) is 48.8 Å². The molecule has 1 saturated heterocycles. The molecule has 0 amide bonds. The van der Waals surface area contributed by atoms with Crippen molar-refractivity contribution in [1.29, 1.82) is 0 Å². The minimum Gasteiger partial charge on any atom is -0.497 e. The number of hydrogen-bond acceptors (Lipinski definition) is 8. The van der Waals surface area contributed by atoms with Gasteiger partial charge in [-0.25, -0.2) is 18.7 Å². The summed E-state index contributed by atoms with van der Waals surface area (Å²) >= 11 is 0. The Morgan fingerprint density at radius 1 is 1.00 bits per heavy atom. The summed E-state index contributed by atoms with van der Waals surface area (Å²) in [5.41, 5.74) is 0.847. The lowest BCUT2D eigenvalue weighted by Gasteiger charge is -2.36. The molecule has 1 aliphatic rings. The maximum atomic E-state index is 13.5. The summed E-state index contributed by atoms with van der Waals surface area (Å²) in [6.07, 6.45) is 1.21. The Morgan fingerprint density at radius 3 is 2.31 bits per heavy atom. The molecule has 0 atom stereocenters. The highest BCUT2D eigenvalue weighted by molar-refractivity contribution is 5.74. The molecular weight excluding hydrogens is 422 g/mol. The summed E-state index contributed by atoms with van der Waals surface area (Å²) < 4.78 is 31.9. The molecule has 0 spiro atoms. The fraction of sp³-hybridized carbons (Fsp3) is 0.238. The van der Waals surface area contributed by atoms with Crippen LogP contribution < -0.4 is 19.9 Å². The van der Waals surface area contributed by atoms with Crippen molar-refractivity contribution < 1.29 is 18.4 Å². The Kier molecular flexibility index (Phi) is 5.97. The Morgan fingerprint density at radius 2 is 1.69 bits per heavy atom. The highest BCUT2D eigenvalue weighted by atomic mass is 19.2. The first-order valence-electron chi connectivity index (χ1n) is 9.81. The number of anilines is 4. The smallest absolute Gasteiger partial charge is 0.353 e. The van der Waals surface area contributed by atoms with Crippen molar-refractivity contribution in [3.8, 4) is 5.75 Å². The molecule has 0 saturated carbocycles. The lowest BCUT2D eigenvalue weighted by atomic mass is 10.2. The van der Waals surface area contributed by atoms with Gasteiger partial charge < -0.3 is 19.9 Å². The minimum absolute atomic E-state index is 0.0939. The molecule has 1 aliphatic heterocycles. The number of hydrogen-bond donors (Lipinski definition) is 1. The Hall–Kier alpha value is -4.02. The van der Waals surface area contributed by atoms with Crippen molar-refractivity contribution >= 4 is 28.7 Å². The number of nitrogens with zero attached hydrogens (tertiary/aromatic N) is 5. The fourth-order valence-electron chi connectivity index (χ4n) is 3.54. The zero-order valence-corrected chi connectivity index (χ0v) is 17.2. The van der Waals surface area contributed by atoms with E-state index in [2.05, 4.69) is 20.2 Å². The molecule has 3 aromatic rings. The van der Waals surface area contributed by atoms with E-state index in [1.165, 1.54) is 12.4 Å². The van der Waals surface area contributed by atoms with Gasteiger partial charge in [0.05, 0.1) is 12.0 Å². The van der Waals surface area contributed by atoms with E-state index in [-0.39, 0.29) is 23.0 Å². The van der Waals surface area contributed by atoms with Gasteiger partial charge in [0, 0.05) is 43.6 Å². The van der Waals surface area contributed by atoms with Crippen molar-refractivity contribution in [1.82, 2.24) is 9.97 Å². The summed E-state index contributed by atoms with van der Waals surface area (Å²) in [5, 5.41) is 14.5. The van der Waals surface area contributed by atoms with Gasteiger partial charge in [-0.15, -0.1) is 0 Å². The van der Waals surface area contributed by atoms with E-state index in [9.17, 15) is 18.9 Å². The molecule has 2 heterocycles. The number of nitro groups is 1. The van der Waals surface area contributed by atoms with Crippen LogP contribution in [0.1, 0.15) is 0 Å². The molecular formula is C21H20F2N6O3. The lowest BCUT2D eigenvalue weighted by Crippen LogP contribution is -2.47. The van der Waals surface area contributed by atoms with Crippen molar-refractivity contribution in [2.45, 2.75) is 0 Å². The van der Waals surface area contributed by atoms with Crippen LogP contribution in [0.2, 0.25) is 0 Å². The largest absolute Gasteiger partial charge is 0.497 e. The maximum absolute atomic E-state index is 13.5. The van der Waals surface area contributed by atoms with E-state index in [4.69, 9.17) is 4.74 Å². The first-order chi connectivity index (χ1) is 15.5. The molecule has 1 N–H and O–H groups in total. The Bertz CT molecular complexity index is 1120. The number of aromatic nitrogens is 2. The van der Waals surface area contributed by atoms with Gasteiger partial charge in [0.15, 0.2) is 11.6 Å². The quantitative estimate of drug-likeness (QED) is 0.456. The molecule has 1 fully saturated rings. The van der Waals surface area contributed by atoms with Crippen LogP contribution in [0.5, 0.6) is 5.75 Å². The molecule has 4 rings (SSSR count). The van der Waals surface area contributed by atoms with Crippen LogP contribution in [0, 0.1) is 21.7 Å². The second-order valence-electron chi connectivity index (χ2n) is 7.08. The van der Waals surface area contributed by atoms with Gasteiger partial charge in [0.25, 0.3) is 0 Å². The number of ether oxygens (including phenoxy) is 1. The van der Waals surface area contributed by atoms with Crippen LogP contribution in [0.3, 0.4) is 0 Å². The molecule has 0 radical (unpaired) electrons. The number of benzene rings is 2. The van der Waals surface area contributed by atoms with Gasteiger partial charge >= 0.3 is 5.69 Å². The highest BCUT2D eigenvalue weighted by Gasteiger charge is 2.29. The average Bonchev–Trinajstić information content (AvgIpc) is 2.81. The molecule has 0 bridgehead atoms. The number of methoxy groups -OCH3 is 1. The zero-order chi connectivity index (χ0) is 22.7.